The second-order valence-electron chi connectivity index (χ2n) is 6.10. The van der Waals surface area contributed by atoms with Gasteiger partial charge in [0, 0.05) is 30.0 Å². The minimum absolute atomic E-state index is 0.0441. The van der Waals surface area contributed by atoms with E-state index in [1.807, 2.05) is 25.3 Å². The van der Waals surface area contributed by atoms with E-state index in [0.29, 0.717) is 13.1 Å². The zero-order chi connectivity index (χ0) is 17.8. The molecule has 7 heteroatoms. The highest BCUT2D eigenvalue weighted by Gasteiger charge is 2.25. The van der Waals surface area contributed by atoms with E-state index >= 15 is 0 Å². The average molecular weight is 361 g/mol. The quantitative estimate of drug-likeness (QED) is 0.858. The molecule has 1 N–H and O–H groups in total. The Morgan fingerprint density at radius 1 is 1.40 bits per heavy atom. The van der Waals surface area contributed by atoms with Gasteiger partial charge in [-0.05, 0) is 30.7 Å². The van der Waals surface area contributed by atoms with E-state index in [0.717, 1.165) is 53.1 Å². The standard InChI is InChI=1S/C18H23N3O3S/c1-3-14-13(15(4-2)24-20-14)10-19-17(22)11-21-8-5-6-16-12(18(21)23)7-9-25-16/h7,9H,3-6,8,10-11H2,1-2H3,(H,19,22). The van der Waals surface area contributed by atoms with E-state index in [1.165, 1.54) is 0 Å². The zero-order valence-electron chi connectivity index (χ0n) is 14.6. The molecule has 2 aromatic rings. The van der Waals surface area contributed by atoms with Gasteiger partial charge in [0.1, 0.15) is 5.76 Å². The molecular formula is C18H23N3O3S. The van der Waals surface area contributed by atoms with Crippen molar-refractivity contribution in [1.82, 2.24) is 15.4 Å². The molecule has 134 valence electrons. The molecule has 0 saturated carbocycles. The molecule has 3 heterocycles. The van der Waals surface area contributed by atoms with Gasteiger partial charge in [-0.1, -0.05) is 19.0 Å². The monoisotopic (exact) mass is 361 g/mol. The first kappa shape index (κ1) is 17.7. The predicted octanol–water partition coefficient (Wildman–Crippen LogP) is 2.57. The van der Waals surface area contributed by atoms with Gasteiger partial charge in [0.15, 0.2) is 0 Å². The van der Waals surface area contributed by atoms with Crippen LogP contribution in [0.5, 0.6) is 0 Å². The lowest BCUT2D eigenvalue weighted by Gasteiger charge is -2.20. The molecule has 2 amide bonds. The minimum Gasteiger partial charge on any atom is -0.361 e. The first-order valence-corrected chi connectivity index (χ1v) is 9.60. The van der Waals surface area contributed by atoms with Gasteiger partial charge < -0.3 is 14.7 Å². The number of hydrogen-bond acceptors (Lipinski definition) is 5. The largest absolute Gasteiger partial charge is 0.361 e. The highest BCUT2D eigenvalue weighted by atomic mass is 32.1. The van der Waals surface area contributed by atoms with Crippen LogP contribution in [0.3, 0.4) is 0 Å². The van der Waals surface area contributed by atoms with Gasteiger partial charge in [-0.3, -0.25) is 9.59 Å². The second kappa shape index (κ2) is 7.82. The van der Waals surface area contributed by atoms with Crippen molar-refractivity contribution in [3.05, 3.63) is 38.9 Å². The molecular weight excluding hydrogens is 338 g/mol. The Labute approximate surface area is 151 Å². The van der Waals surface area contributed by atoms with Crippen molar-refractivity contribution in [3.8, 4) is 0 Å². The van der Waals surface area contributed by atoms with Crippen LogP contribution < -0.4 is 5.32 Å². The maximum atomic E-state index is 12.6. The topological polar surface area (TPSA) is 75.4 Å². The number of carbonyl (C=O) groups excluding carboxylic acids is 2. The summed E-state index contributed by atoms with van der Waals surface area (Å²) < 4.78 is 5.32. The number of fused-ring (bicyclic) bond motifs is 1. The van der Waals surface area contributed by atoms with Crippen molar-refractivity contribution in [2.45, 2.75) is 46.1 Å². The number of aryl methyl sites for hydroxylation is 3. The lowest BCUT2D eigenvalue weighted by Crippen LogP contribution is -2.40. The normalized spacial score (nSPS) is 14.3. The zero-order valence-corrected chi connectivity index (χ0v) is 15.4. The molecule has 1 aliphatic heterocycles. The molecule has 0 fully saturated rings. The fraction of sp³-hybridized carbons (Fsp3) is 0.500. The van der Waals surface area contributed by atoms with Gasteiger partial charge in [-0.2, -0.15) is 0 Å². The number of thiophene rings is 1. The van der Waals surface area contributed by atoms with Gasteiger partial charge in [0.05, 0.1) is 17.8 Å². The molecule has 0 unspecified atom stereocenters. The number of hydrogen-bond donors (Lipinski definition) is 1. The number of aromatic nitrogens is 1. The molecule has 0 saturated heterocycles. The average Bonchev–Trinajstić information content (AvgIpc) is 3.21. The lowest BCUT2D eigenvalue weighted by molar-refractivity contribution is -0.122. The van der Waals surface area contributed by atoms with Crippen LogP contribution in [0.15, 0.2) is 16.0 Å². The van der Waals surface area contributed by atoms with E-state index < -0.39 is 0 Å². The van der Waals surface area contributed by atoms with Crippen molar-refractivity contribution in [2.24, 2.45) is 0 Å². The number of nitrogens with zero attached hydrogens (tertiary/aromatic N) is 2. The molecule has 0 radical (unpaired) electrons. The molecule has 2 aromatic heterocycles. The first-order valence-electron chi connectivity index (χ1n) is 8.72. The summed E-state index contributed by atoms with van der Waals surface area (Å²) >= 11 is 1.61. The maximum Gasteiger partial charge on any atom is 0.255 e. The van der Waals surface area contributed by atoms with E-state index in [4.69, 9.17) is 4.52 Å². The van der Waals surface area contributed by atoms with Crippen molar-refractivity contribution in [2.75, 3.05) is 13.1 Å². The molecule has 1 aliphatic rings. The third-order valence-corrected chi connectivity index (χ3v) is 5.48. The number of amides is 2. The van der Waals surface area contributed by atoms with Gasteiger partial charge in [0.25, 0.3) is 5.91 Å². The van der Waals surface area contributed by atoms with Crippen LogP contribution in [-0.4, -0.2) is 35.0 Å². The van der Waals surface area contributed by atoms with Crippen LogP contribution in [0.4, 0.5) is 0 Å². The first-order chi connectivity index (χ1) is 12.1. The fourth-order valence-electron chi connectivity index (χ4n) is 3.13. The molecule has 25 heavy (non-hydrogen) atoms. The Bertz CT molecular complexity index is 744. The van der Waals surface area contributed by atoms with Crippen LogP contribution in [0.25, 0.3) is 0 Å². The van der Waals surface area contributed by atoms with E-state index in [9.17, 15) is 9.59 Å². The molecule has 3 rings (SSSR count). The predicted molar refractivity (Wildman–Crippen MR) is 95.6 cm³/mol. The Balaban J connectivity index is 1.61. The summed E-state index contributed by atoms with van der Waals surface area (Å²) in [5.74, 6) is 0.612. The molecule has 0 atom stereocenters. The smallest absolute Gasteiger partial charge is 0.255 e. The van der Waals surface area contributed by atoms with Crippen LogP contribution in [0.1, 0.15) is 52.5 Å². The molecule has 0 aliphatic carbocycles. The van der Waals surface area contributed by atoms with Gasteiger partial charge in [-0.15, -0.1) is 11.3 Å². The van der Waals surface area contributed by atoms with Gasteiger partial charge in [-0.25, -0.2) is 0 Å². The summed E-state index contributed by atoms with van der Waals surface area (Å²) in [6, 6.07) is 1.86. The van der Waals surface area contributed by atoms with Crippen molar-refractivity contribution < 1.29 is 14.1 Å². The fourth-order valence-corrected chi connectivity index (χ4v) is 4.04. The Morgan fingerprint density at radius 2 is 2.24 bits per heavy atom. The third kappa shape index (κ3) is 3.76. The van der Waals surface area contributed by atoms with Gasteiger partial charge >= 0.3 is 0 Å². The van der Waals surface area contributed by atoms with E-state index in [-0.39, 0.29) is 18.4 Å². The number of nitrogens with one attached hydrogen (secondary N) is 1. The van der Waals surface area contributed by atoms with Crippen LogP contribution in [0, 0.1) is 0 Å². The van der Waals surface area contributed by atoms with Gasteiger partial charge in [0.2, 0.25) is 5.91 Å². The summed E-state index contributed by atoms with van der Waals surface area (Å²) in [6.45, 7) is 5.10. The Hall–Kier alpha value is -2.15. The Kier molecular flexibility index (Phi) is 5.53. The summed E-state index contributed by atoms with van der Waals surface area (Å²) in [4.78, 5) is 27.7. The summed E-state index contributed by atoms with van der Waals surface area (Å²) in [5.41, 5.74) is 2.59. The second-order valence-corrected chi connectivity index (χ2v) is 7.10. The highest BCUT2D eigenvalue weighted by molar-refractivity contribution is 7.10. The SMILES string of the molecule is CCc1noc(CC)c1CNC(=O)CN1CCCc2sccc2C1=O. The lowest BCUT2D eigenvalue weighted by atomic mass is 10.1. The summed E-state index contributed by atoms with van der Waals surface area (Å²) in [6.07, 6.45) is 3.29. The van der Waals surface area contributed by atoms with E-state index in [1.54, 1.807) is 16.2 Å². The third-order valence-electron chi connectivity index (χ3n) is 4.50. The van der Waals surface area contributed by atoms with Crippen LogP contribution >= 0.6 is 11.3 Å². The Morgan fingerprint density at radius 3 is 3.00 bits per heavy atom. The number of carbonyl (C=O) groups is 2. The molecule has 6 nitrogen and oxygen atoms in total. The number of rotatable bonds is 6. The highest BCUT2D eigenvalue weighted by Crippen LogP contribution is 2.23. The van der Waals surface area contributed by atoms with Crippen molar-refractivity contribution in [1.29, 1.82) is 0 Å². The van der Waals surface area contributed by atoms with Crippen molar-refractivity contribution in [3.63, 3.8) is 0 Å². The maximum absolute atomic E-state index is 12.6. The summed E-state index contributed by atoms with van der Waals surface area (Å²) in [7, 11) is 0. The van der Waals surface area contributed by atoms with Crippen LogP contribution in [0.2, 0.25) is 0 Å². The van der Waals surface area contributed by atoms with Crippen LogP contribution in [-0.2, 0) is 30.6 Å². The van der Waals surface area contributed by atoms with E-state index in [2.05, 4.69) is 10.5 Å². The van der Waals surface area contributed by atoms with Crippen molar-refractivity contribution >= 4 is 23.2 Å². The molecule has 0 aromatic carbocycles. The minimum atomic E-state index is -0.155. The molecule has 0 spiro atoms. The summed E-state index contributed by atoms with van der Waals surface area (Å²) in [5, 5.41) is 8.90. The molecule has 0 bridgehead atoms.